The van der Waals surface area contributed by atoms with Crippen molar-refractivity contribution in [1.82, 2.24) is 19.9 Å². The molecule has 0 aliphatic rings. The highest BCUT2D eigenvalue weighted by atomic mass is 32.1. The SMILES string of the molecule is Nn1c(-c2cc(-c3ccccc3)nc3ccccc23)n[nH]c1=S. The van der Waals surface area contributed by atoms with E-state index < -0.39 is 0 Å². The Labute approximate surface area is 137 Å². The van der Waals surface area contributed by atoms with Crippen molar-refractivity contribution in [3.8, 4) is 22.6 Å². The Hall–Kier alpha value is -2.99. The predicted octanol–water partition coefficient (Wildman–Crippen LogP) is 3.54. The van der Waals surface area contributed by atoms with Crippen molar-refractivity contribution in [2.24, 2.45) is 0 Å². The topological polar surface area (TPSA) is 72.5 Å². The zero-order chi connectivity index (χ0) is 15.8. The van der Waals surface area contributed by atoms with E-state index in [2.05, 4.69) is 10.2 Å². The maximum absolute atomic E-state index is 6.01. The Morgan fingerprint density at radius 3 is 2.48 bits per heavy atom. The summed E-state index contributed by atoms with van der Waals surface area (Å²) in [5, 5.41) is 7.97. The van der Waals surface area contributed by atoms with Crippen LogP contribution in [0.15, 0.2) is 60.7 Å². The molecule has 2 aromatic carbocycles. The van der Waals surface area contributed by atoms with Crippen LogP contribution in [0, 0.1) is 4.77 Å². The number of rotatable bonds is 2. The van der Waals surface area contributed by atoms with Crippen molar-refractivity contribution >= 4 is 23.1 Å². The molecule has 2 aromatic heterocycles. The van der Waals surface area contributed by atoms with Crippen LogP contribution in [-0.2, 0) is 0 Å². The van der Waals surface area contributed by atoms with Gasteiger partial charge in [-0.05, 0) is 24.4 Å². The number of aromatic amines is 1. The molecule has 0 unspecified atom stereocenters. The number of hydrogen-bond donors (Lipinski definition) is 2. The fourth-order valence-corrected chi connectivity index (χ4v) is 2.74. The van der Waals surface area contributed by atoms with Crippen molar-refractivity contribution in [2.75, 3.05) is 5.84 Å². The van der Waals surface area contributed by atoms with Gasteiger partial charge in [0.15, 0.2) is 5.82 Å². The Morgan fingerprint density at radius 1 is 1.00 bits per heavy atom. The minimum atomic E-state index is 0.377. The molecule has 2 heterocycles. The highest BCUT2D eigenvalue weighted by molar-refractivity contribution is 7.71. The standard InChI is InChI=1S/C17H13N5S/c18-22-16(20-21-17(22)23)13-10-15(11-6-2-1-3-7-11)19-14-9-5-4-8-12(13)14/h1-10H,18H2,(H,21,23). The van der Waals surface area contributed by atoms with Crippen LogP contribution in [0.1, 0.15) is 0 Å². The largest absolute Gasteiger partial charge is 0.335 e. The third-order valence-electron chi connectivity index (χ3n) is 3.73. The van der Waals surface area contributed by atoms with Crippen LogP contribution in [0.25, 0.3) is 33.5 Å². The van der Waals surface area contributed by atoms with Gasteiger partial charge in [0.05, 0.1) is 11.2 Å². The predicted molar refractivity (Wildman–Crippen MR) is 93.7 cm³/mol. The van der Waals surface area contributed by atoms with Gasteiger partial charge in [-0.15, -0.1) is 0 Å². The van der Waals surface area contributed by atoms with E-state index in [-0.39, 0.29) is 0 Å². The van der Waals surface area contributed by atoms with Gasteiger partial charge in [0, 0.05) is 16.5 Å². The zero-order valence-corrected chi connectivity index (χ0v) is 12.9. The van der Waals surface area contributed by atoms with Gasteiger partial charge in [0.1, 0.15) is 0 Å². The van der Waals surface area contributed by atoms with Crippen molar-refractivity contribution in [3.63, 3.8) is 0 Å². The number of para-hydroxylation sites is 1. The molecule has 6 heteroatoms. The summed E-state index contributed by atoms with van der Waals surface area (Å²) in [5.41, 5.74) is 3.69. The lowest BCUT2D eigenvalue weighted by Crippen LogP contribution is -2.10. The summed E-state index contributed by atoms with van der Waals surface area (Å²) in [6, 6.07) is 19.9. The average Bonchev–Trinajstić information content (AvgIpc) is 2.94. The van der Waals surface area contributed by atoms with Gasteiger partial charge in [-0.3, -0.25) is 0 Å². The molecule has 0 aliphatic carbocycles. The smallest absolute Gasteiger partial charge is 0.214 e. The lowest BCUT2D eigenvalue weighted by Gasteiger charge is -2.09. The molecule has 3 N–H and O–H groups in total. The number of aromatic nitrogens is 4. The fourth-order valence-electron chi connectivity index (χ4n) is 2.61. The van der Waals surface area contributed by atoms with E-state index in [1.165, 1.54) is 4.68 Å². The van der Waals surface area contributed by atoms with Gasteiger partial charge in [0.25, 0.3) is 0 Å². The van der Waals surface area contributed by atoms with Crippen LogP contribution in [0.2, 0.25) is 0 Å². The van der Waals surface area contributed by atoms with Gasteiger partial charge in [-0.25, -0.2) is 14.8 Å². The summed E-state index contributed by atoms with van der Waals surface area (Å²) in [6.45, 7) is 0. The molecule has 0 spiro atoms. The van der Waals surface area contributed by atoms with E-state index in [0.717, 1.165) is 27.7 Å². The van der Waals surface area contributed by atoms with Gasteiger partial charge in [0.2, 0.25) is 4.77 Å². The maximum atomic E-state index is 6.01. The molecule has 4 aromatic rings. The molecule has 0 aliphatic heterocycles. The molecule has 0 atom stereocenters. The third kappa shape index (κ3) is 2.29. The normalized spacial score (nSPS) is 11.0. The van der Waals surface area contributed by atoms with E-state index in [1.807, 2.05) is 60.7 Å². The first-order valence-electron chi connectivity index (χ1n) is 7.12. The molecule has 5 nitrogen and oxygen atoms in total. The Balaban J connectivity index is 2.06. The summed E-state index contributed by atoms with van der Waals surface area (Å²) >= 11 is 5.13. The van der Waals surface area contributed by atoms with Crippen LogP contribution in [0.3, 0.4) is 0 Å². The second kappa shape index (κ2) is 5.33. The van der Waals surface area contributed by atoms with Gasteiger partial charge >= 0.3 is 0 Å². The maximum Gasteiger partial charge on any atom is 0.214 e. The van der Waals surface area contributed by atoms with E-state index in [9.17, 15) is 0 Å². The first-order chi connectivity index (χ1) is 11.2. The monoisotopic (exact) mass is 319 g/mol. The minimum absolute atomic E-state index is 0.377. The Kier molecular flexibility index (Phi) is 3.17. The van der Waals surface area contributed by atoms with E-state index in [1.54, 1.807) is 0 Å². The highest BCUT2D eigenvalue weighted by Gasteiger charge is 2.13. The first-order valence-corrected chi connectivity index (χ1v) is 7.53. The van der Waals surface area contributed by atoms with Crippen LogP contribution in [0.5, 0.6) is 0 Å². The van der Waals surface area contributed by atoms with Gasteiger partial charge < -0.3 is 5.84 Å². The molecule has 23 heavy (non-hydrogen) atoms. The number of H-pyrrole nitrogens is 1. The number of pyridine rings is 1. The molecule has 4 rings (SSSR count). The number of hydrogen-bond acceptors (Lipinski definition) is 4. The quantitative estimate of drug-likeness (QED) is 0.438. The Bertz CT molecular complexity index is 1050. The number of nitrogen functional groups attached to an aromatic ring is 1. The molecule has 0 bridgehead atoms. The van der Waals surface area contributed by atoms with Crippen molar-refractivity contribution in [2.45, 2.75) is 0 Å². The second-order valence-corrected chi connectivity index (χ2v) is 5.55. The summed E-state index contributed by atoms with van der Waals surface area (Å²) in [4.78, 5) is 4.75. The lowest BCUT2D eigenvalue weighted by molar-refractivity contribution is 0.985. The molecular weight excluding hydrogens is 306 g/mol. The molecule has 0 saturated heterocycles. The lowest BCUT2D eigenvalue weighted by atomic mass is 10.0. The summed E-state index contributed by atoms with van der Waals surface area (Å²) < 4.78 is 1.76. The Morgan fingerprint density at radius 2 is 1.74 bits per heavy atom. The number of fused-ring (bicyclic) bond motifs is 1. The van der Waals surface area contributed by atoms with Crippen molar-refractivity contribution < 1.29 is 0 Å². The number of nitrogens with one attached hydrogen (secondary N) is 1. The van der Waals surface area contributed by atoms with E-state index in [4.69, 9.17) is 23.0 Å². The first kappa shape index (κ1) is 13.7. The van der Waals surface area contributed by atoms with Crippen LogP contribution < -0.4 is 5.84 Å². The number of nitrogens with zero attached hydrogens (tertiary/aromatic N) is 3. The molecular formula is C17H13N5S. The average molecular weight is 319 g/mol. The third-order valence-corrected chi connectivity index (χ3v) is 4.02. The van der Waals surface area contributed by atoms with Crippen molar-refractivity contribution in [1.29, 1.82) is 0 Å². The molecule has 112 valence electrons. The van der Waals surface area contributed by atoms with Gasteiger partial charge in [-0.2, -0.15) is 5.10 Å². The van der Waals surface area contributed by atoms with Crippen LogP contribution in [0.4, 0.5) is 0 Å². The number of benzene rings is 2. The summed E-state index contributed by atoms with van der Waals surface area (Å²) in [5.74, 6) is 6.60. The zero-order valence-electron chi connectivity index (χ0n) is 12.1. The molecule has 0 radical (unpaired) electrons. The fraction of sp³-hybridized carbons (Fsp3) is 0. The van der Waals surface area contributed by atoms with Crippen molar-refractivity contribution in [3.05, 3.63) is 65.4 Å². The van der Waals surface area contributed by atoms with Crippen LogP contribution >= 0.6 is 12.2 Å². The number of nitrogens with two attached hydrogens (primary N) is 1. The molecule has 0 amide bonds. The summed E-state index contributed by atoms with van der Waals surface area (Å²) in [7, 11) is 0. The van der Waals surface area contributed by atoms with Crippen LogP contribution in [-0.4, -0.2) is 19.9 Å². The van der Waals surface area contributed by atoms with Gasteiger partial charge in [-0.1, -0.05) is 48.5 Å². The van der Waals surface area contributed by atoms with E-state index >= 15 is 0 Å². The molecule has 0 saturated carbocycles. The summed E-state index contributed by atoms with van der Waals surface area (Å²) in [6.07, 6.45) is 0. The highest BCUT2D eigenvalue weighted by Crippen LogP contribution is 2.30. The minimum Gasteiger partial charge on any atom is -0.335 e. The molecule has 0 fully saturated rings. The van der Waals surface area contributed by atoms with E-state index in [0.29, 0.717) is 10.6 Å². The second-order valence-electron chi connectivity index (χ2n) is 5.16.